The molecule has 1 amide bonds. The van der Waals surface area contributed by atoms with Gasteiger partial charge in [0.1, 0.15) is 6.04 Å². The van der Waals surface area contributed by atoms with Crippen LogP contribution in [-0.2, 0) is 4.79 Å². The maximum atomic E-state index is 12.5. The van der Waals surface area contributed by atoms with Gasteiger partial charge in [-0.1, -0.05) is 18.2 Å². The average Bonchev–Trinajstić information content (AvgIpc) is 2.44. The first kappa shape index (κ1) is 13.9. The van der Waals surface area contributed by atoms with E-state index in [0.29, 0.717) is 0 Å². The summed E-state index contributed by atoms with van der Waals surface area (Å²) >= 11 is 0. The van der Waals surface area contributed by atoms with E-state index in [-0.39, 0.29) is 18.0 Å². The Hall–Kier alpha value is -1.55. The highest BCUT2D eigenvalue weighted by Gasteiger charge is 2.36. The van der Waals surface area contributed by atoms with Crippen LogP contribution >= 0.6 is 0 Å². The second kappa shape index (κ2) is 6.06. The quantitative estimate of drug-likeness (QED) is 0.888. The Morgan fingerprint density at radius 1 is 1.32 bits per heavy atom. The number of hydrogen-bond donors (Lipinski definition) is 1. The highest BCUT2D eigenvalue weighted by atomic mass is 16.2. The lowest BCUT2D eigenvalue weighted by Crippen LogP contribution is -2.60. The summed E-state index contributed by atoms with van der Waals surface area (Å²) < 4.78 is 0. The lowest BCUT2D eigenvalue weighted by atomic mass is 10.0. The molecule has 0 bridgehead atoms. The molecule has 2 atom stereocenters. The Balaban J connectivity index is 2.24. The first-order chi connectivity index (χ1) is 9.15. The first-order valence-corrected chi connectivity index (χ1v) is 6.88. The number of piperazine rings is 1. The zero-order chi connectivity index (χ0) is 13.8. The third-order valence-corrected chi connectivity index (χ3v) is 3.89. The van der Waals surface area contributed by atoms with Crippen molar-refractivity contribution in [3.63, 3.8) is 0 Å². The molecule has 4 nitrogen and oxygen atoms in total. The number of hydrogen-bond acceptors (Lipinski definition) is 3. The van der Waals surface area contributed by atoms with Gasteiger partial charge >= 0.3 is 0 Å². The molecule has 1 aliphatic rings. The molecule has 0 aromatic heterocycles. The molecule has 2 unspecified atom stereocenters. The van der Waals surface area contributed by atoms with Crippen LogP contribution in [0, 0.1) is 0 Å². The summed E-state index contributed by atoms with van der Waals surface area (Å²) in [4.78, 5) is 16.6. The van der Waals surface area contributed by atoms with Crippen LogP contribution in [0.1, 0.15) is 13.3 Å². The predicted octanol–water partition coefficient (Wildman–Crippen LogP) is 1.33. The zero-order valence-corrected chi connectivity index (χ0v) is 12.0. The minimum Gasteiger partial charge on any atom is -0.357 e. The van der Waals surface area contributed by atoms with Crippen LogP contribution in [0.25, 0.3) is 0 Å². The Bertz CT molecular complexity index is 421. The number of benzene rings is 1. The monoisotopic (exact) mass is 261 g/mol. The van der Waals surface area contributed by atoms with Crippen molar-refractivity contribution in [2.75, 3.05) is 32.1 Å². The maximum absolute atomic E-state index is 12.5. The lowest BCUT2D eigenvalue weighted by molar-refractivity contribution is -0.135. The van der Waals surface area contributed by atoms with E-state index >= 15 is 0 Å². The zero-order valence-electron chi connectivity index (χ0n) is 12.0. The van der Waals surface area contributed by atoms with Gasteiger partial charge in [-0.15, -0.1) is 0 Å². The average molecular weight is 261 g/mol. The third kappa shape index (κ3) is 2.89. The van der Waals surface area contributed by atoms with E-state index in [0.717, 1.165) is 25.2 Å². The lowest BCUT2D eigenvalue weighted by Gasteiger charge is -2.44. The van der Waals surface area contributed by atoms with Crippen LogP contribution in [0.2, 0.25) is 0 Å². The van der Waals surface area contributed by atoms with Gasteiger partial charge in [0.05, 0.1) is 0 Å². The number of nitrogens with zero attached hydrogens (tertiary/aromatic N) is 2. The Morgan fingerprint density at radius 2 is 2.00 bits per heavy atom. The summed E-state index contributed by atoms with van der Waals surface area (Å²) in [6.07, 6.45) is 0.835. The highest BCUT2D eigenvalue weighted by Crippen LogP contribution is 2.24. The van der Waals surface area contributed by atoms with E-state index in [1.807, 2.05) is 37.2 Å². The van der Waals surface area contributed by atoms with Crippen LogP contribution < -0.4 is 10.2 Å². The van der Waals surface area contributed by atoms with Gasteiger partial charge in [0, 0.05) is 25.3 Å². The van der Waals surface area contributed by atoms with Crippen LogP contribution in [0.3, 0.4) is 0 Å². The van der Waals surface area contributed by atoms with Crippen molar-refractivity contribution in [3.05, 3.63) is 30.3 Å². The van der Waals surface area contributed by atoms with E-state index in [2.05, 4.69) is 29.3 Å². The molecule has 1 saturated heterocycles. The summed E-state index contributed by atoms with van der Waals surface area (Å²) in [6.45, 7) is 3.84. The van der Waals surface area contributed by atoms with Crippen molar-refractivity contribution >= 4 is 11.6 Å². The van der Waals surface area contributed by atoms with Gasteiger partial charge in [0.25, 0.3) is 0 Å². The predicted molar refractivity (Wildman–Crippen MR) is 78.4 cm³/mol. The molecule has 1 heterocycles. The van der Waals surface area contributed by atoms with E-state index in [9.17, 15) is 4.79 Å². The molecule has 19 heavy (non-hydrogen) atoms. The molecular weight excluding hydrogens is 238 g/mol. The molecule has 4 heteroatoms. The summed E-state index contributed by atoms with van der Waals surface area (Å²) in [5.41, 5.74) is 1.14. The minimum atomic E-state index is -0.0592. The smallest absolute Gasteiger partial charge is 0.245 e. The van der Waals surface area contributed by atoms with Gasteiger partial charge in [0.15, 0.2) is 0 Å². The molecule has 0 aliphatic carbocycles. The molecule has 1 aromatic carbocycles. The fraction of sp³-hybridized carbons (Fsp3) is 0.533. The normalized spacial score (nSPS) is 23.8. The van der Waals surface area contributed by atoms with E-state index in [4.69, 9.17) is 0 Å². The molecule has 0 spiro atoms. The number of para-hydroxylation sites is 1. The van der Waals surface area contributed by atoms with Crippen LogP contribution in [0.4, 0.5) is 5.69 Å². The van der Waals surface area contributed by atoms with Crippen molar-refractivity contribution in [1.29, 1.82) is 0 Å². The van der Waals surface area contributed by atoms with Crippen molar-refractivity contribution in [2.45, 2.75) is 25.4 Å². The van der Waals surface area contributed by atoms with Crippen LogP contribution in [0.5, 0.6) is 0 Å². The summed E-state index contributed by atoms with van der Waals surface area (Å²) in [7, 11) is 3.83. The Morgan fingerprint density at radius 3 is 2.63 bits per heavy atom. The van der Waals surface area contributed by atoms with Gasteiger partial charge in [-0.3, -0.25) is 4.79 Å². The third-order valence-electron chi connectivity index (χ3n) is 3.89. The number of amides is 1. The molecule has 1 fully saturated rings. The number of likely N-dealkylation sites (N-methyl/N-ethyl adjacent to an activating group) is 1. The SMILES string of the molecule is CNCCC1C(=O)N(C)C(C)CN1c1ccccc1. The second-order valence-electron chi connectivity index (χ2n) is 5.19. The molecule has 1 N–H and O–H groups in total. The number of carbonyl (C=O) groups is 1. The Kier molecular flexibility index (Phi) is 4.43. The molecule has 1 aromatic rings. The number of anilines is 1. The number of carbonyl (C=O) groups excluding carboxylic acids is 1. The van der Waals surface area contributed by atoms with Gasteiger partial charge in [-0.05, 0) is 39.1 Å². The fourth-order valence-electron chi connectivity index (χ4n) is 2.59. The van der Waals surface area contributed by atoms with Gasteiger partial charge < -0.3 is 15.1 Å². The van der Waals surface area contributed by atoms with Gasteiger partial charge in [0.2, 0.25) is 5.91 Å². The Labute approximate surface area is 115 Å². The van der Waals surface area contributed by atoms with E-state index in [1.54, 1.807) is 0 Å². The first-order valence-electron chi connectivity index (χ1n) is 6.88. The van der Waals surface area contributed by atoms with Crippen molar-refractivity contribution in [2.24, 2.45) is 0 Å². The number of rotatable bonds is 4. The van der Waals surface area contributed by atoms with Crippen LogP contribution in [-0.4, -0.2) is 50.1 Å². The van der Waals surface area contributed by atoms with Gasteiger partial charge in [-0.2, -0.15) is 0 Å². The van der Waals surface area contributed by atoms with Gasteiger partial charge in [-0.25, -0.2) is 0 Å². The molecule has 0 saturated carbocycles. The maximum Gasteiger partial charge on any atom is 0.245 e. The van der Waals surface area contributed by atoms with E-state index < -0.39 is 0 Å². The number of nitrogens with one attached hydrogen (secondary N) is 1. The molecule has 104 valence electrons. The standard InChI is InChI=1S/C15H23N3O/c1-12-11-18(13-7-5-4-6-8-13)14(9-10-16-2)15(19)17(12)3/h4-8,12,14,16H,9-11H2,1-3H3. The molecule has 2 rings (SSSR count). The topological polar surface area (TPSA) is 35.6 Å². The fourth-order valence-corrected chi connectivity index (χ4v) is 2.59. The molecule has 1 aliphatic heterocycles. The minimum absolute atomic E-state index is 0.0592. The van der Waals surface area contributed by atoms with E-state index in [1.165, 1.54) is 0 Å². The van der Waals surface area contributed by atoms with Crippen LogP contribution in [0.15, 0.2) is 30.3 Å². The van der Waals surface area contributed by atoms with Crippen molar-refractivity contribution in [1.82, 2.24) is 10.2 Å². The molecular formula is C15H23N3O. The summed E-state index contributed by atoms with van der Waals surface area (Å²) in [6, 6.07) is 10.4. The van der Waals surface area contributed by atoms with Crippen molar-refractivity contribution < 1.29 is 4.79 Å². The highest BCUT2D eigenvalue weighted by molar-refractivity contribution is 5.86. The largest absolute Gasteiger partial charge is 0.357 e. The van der Waals surface area contributed by atoms with Crippen molar-refractivity contribution in [3.8, 4) is 0 Å². The summed E-state index contributed by atoms with van der Waals surface area (Å²) in [5.74, 6) is 0.220. The molecule has 0 radical (unpaired) electrons. The summed E-state index contributed by atoms with van der Waals surface area (Å²) in [5, 5.41) is 3.14. The second-order valence-corrected chi connectivity index (χ2v) is 5.19.